The second-order valence-electron chi connectivity index (χ2n) is 9.20. The highest BCUT2D eigenvalue weighted by atomic mass is 35.5. The Balaban J connectivity index is 0.00000420. The van der Waals surface area contributed by atoms with Gasteiger partial charge in [-0.25, -0.2) is 0 Å². The molecule has 0 N–H and O–H groups in total. The Morgan fingerprint density at radius 1 is 0.949 bits per heavy atom. The molecule has 0 aliphatic carbocycles. The van der Waals surface area contributed by atoms with Crippen LogP contribution in [-0.4, -0.2) is 56.0 Å². The third-order valence-electron chi connectivity index (χ3n) is 6.71. The average Bonchev–Trinajstić information content (AvgIpc) is 2.90. The van der Waals surface area contributed by atoms with Crippen LogP contribution in [0.3, 0.4) is 0 Å². The first kappa shape index (κ1) is 30.5. The molecule has 5 nitrogen and oxygen atoms in total. The Kier molecular flexibility index (Phi) is 10.4. The smallest absolute Gasteiger partial charge is 0.416 e. The number of hydrogen-bond acceptors (Lipinski definition) is 5. The maximum atomic E-state index is 13.0. The van der Waals surface area contributed by atoms with Crippen LogP contribution in [0.1, 0.15) is 32.6 Å². The number of benzene rings is 3. The van der Waals surface area contributed by atoms with E-state index >= 15 is 0 Å². The Hall–Kier alpha value is -3.07. The number of esters is 1. The highest BCUT2D eigenvalue weighted by Crippen LogP contribution is 2.32. The van der Waals surface area contributed by atoms with Gasteiger partial charge in [-0.05, 0) is 60.5 Å². The molecule has 3 aromatic rings. The molecule has 1 saturated heterocycles. The summed E-state index contributed by atoms with van der Waals surface area (Å²) in [6, 6.07) is 17.3. The molecule has 1 fully saturated rings. The number of halogens is 5. The quantitative estimate of drug-likeness (QED) is 0.233. The molecule has 0 saturated carbocycles. The zero-order valence-corrected chi connectivity index (χ0v) is 22.9. The van der Waals surface area contributed by atoms with Gasteiger partial charge in [0.25, 0.3) is 0 Å². The molecule has 0 atom stereocenters. The first-order valence-corrected chi connectivity index (χ1v) is 12.7. The lowest BCUT2D eigenvalue weighted by Crippen LogP contribution is -2.47. The van der Waals surface area contributed by atoms with E-state index in [1.165, 1.54) is 12.1 Å². The predicted molar refractivity (Wildman–Crippen MR) is 148 cm³/mol. The fraction of sp³-hybridized carbons (Fsp3) is 0.310. The minimum atomic E-state index is -4.37. The Labute approximate surface area is 236 Å². The van der Waals surface area contributed by atoms with Crippen molar-refractivity contribution in [3.63, 3.8) is 0 Å². The normalized spacial score (nSPS) is 14.0. The molecule has 0 spiro atoms. The van der Waals surface area contributed by atoms with E-state index in [9.17, 15) is 22.8 Å². The van der Waals surface area contributed by atoms with Gasteiger partial charge in [0, 0.05) is 54.6 Å². The summed E-state index contributed by atoms with van der Waals surface area (Å²) in [6.45, 7) is 5.05. The van der Waals surface area contributed by atoms with Crippen LogP contribution in [0.25, 0.3) is 0 Å². The molecule has 0 radical (unpaired) electrons. The first-order valence-electron chi connectivity index (χ1n) is 12.3. The molecule has 1 heterocycles. The van der Waals surface area contributed by atoms with Gasteiger partial charge < -0.3 is 9.64 Å². The van der Waals surface area contributed by atoms with Crippen molar-refractivity contribution >= 4 is 41.4 Å². The minimum Gasteiger partial charge on any atom is -0.464 e. The Morgan fingerprint density at radius 2 is 1.62 bits per heavy atom. The second-order valence-corrected chi connectivity index (χ2v) is 9.64. The van der Waals surface area contributed by atoms with E-state index in [1.807, 2.05) is 17.9 Å². The number of ether oxygens (including phenoxy) is 1. The zero-order chi connectivity index (χ0) is 27.3. The van der Waals surface area contributed by atoms with Crippen molar-refractivity contribution in [1.82, 2.24) is 4.90 Å². The molecule has 10 heteroatoms. The number of carbonyl (C=O) groups is 2. The van der Waals surface area contributed by atoms with Crippen LogP contribution >= 0.6 is 24.0 Å². The van der Waals surface area contributed by atoms with Crippen LogP contribution in [0.15, 0.2) is 66.7 Å². The highest BCUT2D eigenvalue weighted by Gasteiger charge is 2.31. The molecule has 0 unspecified atom stereocenters. The summed E-state index contributed by atoms with van der Waals surface area (Å²) in [7, 11) is 0. The van der Waals surface area contributed by atoms with E-state index in [0.29, 0.717) is 54.6 Å². The van der Waals surface area contributed by atoms with Crippen LogP contribution in [0, 0.1) is 6.92 Å². The molecule has 3 aromatic carbocycles. The monoisotopic (exact) mass is 580 g/mol. The second kappa shape index (κ2) is 13.3. The van der Waals surface area contributed by atoms with Gasteiger partial charge in [-0.1, -0.05) is 35.9 Å². The summed E-state index contributed by atoms with van der Waals surface area (Å²) in [6.07, 6.45) is -4.31. The molecule has 0 aromatic heterocycles. The van der Waals surface area contributed by atoms with Crippen LogP contribution in [-0.2, 0) is 22.1 Å². The average molecular weight is 581 g/mol. The minimum absolute atomic E-state index is 0. The van der Waals surface area contributed by atoms with E-state index < -0.39 is 11.7 Å². The Bertz CT molecular complexity index is 1290. The first-order chi connectivity index (χ1) is 18.1. The molecular weight excluding hydrogens is 552 g/mol. The fourth-order valence-electron chi connectivity index (χ4n) is 4.48. The maximum Gasteiger partial charge on any atom is 0.416 e. The number of alkyl halides is 3. The number of carbonyl (C=O) groups excluding carboxylic acids is 2. The Morgan fingerprint density at radius 3 is 2.28 bits per heavy atom. The van der Waals surface area contributed by atoms with Crippen LogP contribution < -0.4 is 4.90 Å². The summed E-state index contributed by atoms with van der Waals surface area (Å²) in [5.41, 5.74) is 2.40. The number of rotatable bonds is 8. The molecule has 1 aliphatic rings. The van der Waals surface area contributed by atoms with Gasteiger partial charge in [0.15, 0.2) is 5.78 Å². The van der Waals surface area contributed by atoms with Crippen molar-refractivity contribution in [3.8, 4) is 0 Å². The van der Waals surface area contributed by atoms with E-state index in [1.54, 1.807) is 42.5 Å². The number of ketones is 1. The van der Waals surface area contributed by atoms with E-state index in [-0.39, 0.29) is 37.2 Å². The van der Waals surface area contributed by atoms with Crippen molar-refractivity contribution in [2.24, 2.45) is 0 Å². The van der Waals surface area contributed by atoms with Gasteiger partial charge >= 0.3 is 12.1 Å². The number of piperazine rings is 1. The molecule has 0 amide bonds. The molecule has 1 aliphatic heterocycles. The topological polar surface area (TPSA) is 49.9 Å². The zero-order valence-electron chi connectivity index (χ0n) is 21.3. The summed E-state index contributed by atoms with van der Waals surface area (Å²) in [5.74, 6) is -0.523. The number of hydrogen-bond donors (Lipinski definition) is 0. The maximum absolute atomic E-state index is 13.0. The number of anilines is 1. The van der Waals surface area contributed by atoms with E-state index in [2.05, 4.69) is 4.90 Å². The van der Waals surface area contributed by atoms with Gasteiger partial charge in [0.05, 0.1) is 12.0 Å². The fourth-order valence-corrected chi connectivity index (χ4v) is 4.61. The third-order valence-corrected chi connectivity index (χ3v) is 6.97. The van der Waals surface area contributed by atoms with E-state index in [4.69, 9.17) is 16.3 Å². The lowest BCUT2D eigenvalue weighted by Gasteiger charge is -2.36. The van der Waals surface area contributed by atoms with Gasteiger partial charge in [0.1, 0.15) is 6.61 Å². The largest absolute Gasteiger partial charge is 0.464 e. The van der Waals surface area contributed by atoms with Crippen molar-refractivity contribution in [2.45, 2.75) is 19.5 Å². The highest BCUT2D eigenvalue weighted by molar-refractivity contribution is 6.30. The standard InChI is InChI=1S/C29H28ClF3N2O3.ClH/c1-20-22(4-2-7-26(20)28(37)21-8-10-24(30)11-9-21)18-27(36)38-17-16-34-12-14-35(15-13-34)25-6-3-5-23(19-25)29(31,32)33;/h2-11,19H,12-18H2,1H3;1H. The van der Waals surface area contributed by atoms with Gasteiger partial charge in [-0.15, -0.1) is 12.4 Å². The van der Waals surface area contributed by atoms with Crippen molar-refractivity contribution in [1.29, 1.82) is 0 Å². The number of nitrogens with zero attached hydrogens (tertiary/aromatic N) is 2. The molecule has 0 bridgehead atoms. The summed E-state index contributed by atoms with van der Waals surface area (Å²) in [4.78, 5) is 29.5. The van der Waals surface area contributed by atoms with Gasteiger partial charge in [0.2, 0.25) is 0 Å². The molecule has 208 valence electrons. The van der Waals surface area contributed by atoms with Gasteiger partial charge in [-0.3, -0.25) is 14.5 Å². The van der Waals surface area contributed by atoms with Crippen LogP contribution in [0.4, 0.5) is 18.9 Å². The van der Waals surface area contributed by atoms with Crippen LogP contribution in [0.5, 0.6) is 0 Å². The lowest BCUT2D eigenvalue weighted by atomic mass is 9.94. The summed E-state index contributed by atoms with van der Waals surface area (Å²) < 4.78 is 44.5. The van der Waals surface area contributed by atoms with Gasteiger partial charge in [-0.2, -0.15) is 13.2 Å². The van der Waals surface area contributed by atoms with Crippen molar-refractivity contribution in [3.05, 3.63) is 99.6 Å². The SMILES string of the molecule is Cc1c(CC(=O)OCCN2CCN(c3cccc(C(F)(F)F)c3)CC2)cccc1C(=O)c1ccc(Cl)cc1.Cl. The molecule has 39 heavy (non-hydrogen) atoms. The molecule has 4 rings (SSSR count). The van der Waals surface area contributed by atoms with Crippen molar-refractivity contribution in [2.75, 3.05) is 44.2 Å². The third kappa shape index (κ3) is 7.97. The predicted octanol–water partition coefficient (Wildman–Crippen LogP) is 6.23. The van der Waals surface area contributed by atoms with E-state index in [0.717, 1.165) is 17.2 Å². The molecular formula is C29H29Cl2F3N2O3. The summed E-state index contributed by atoms with van der Waals surface area (Å²) >= 11 is 5.92. The summed E-state index contributed by atoms with van der Waals surface area (Å²) in [5, 5.41) is 0.548. The van der Waals surface area contributed by atoms with Crippen molar-refractivity contribution < 1.29 is 27.5 Å². The van der Waals surface area contributed by atoms with Crippen LogP contribution in [0.2, 0.25) is 5.02 Å². The lowest BCUT2D eigenvalue weighted by molar-refractivity contribution is -0.143.